The van der Waals surface area contributed by atoms with Crippen LogP contribution in [-0.2, 0) is 20.8 Å². The molecule has 0 unspecified atom stereocenters. The van der Waals surface area contributed by atoms with E-state index >= 15 is 0 Å². The third-order valence-electron chi connectivity index (χ3n) is 7.40. The highest BCUT2D eigenvalue weighted by molar-refractivity contribution is 5.87. The highest BCUT2D eigenvalue weighted by Crippen LogP contribution is 2.53. The van der Waals surface area contributed by atoms with Gasteiger partial charge in [0.15, 0.2) is 0 Å². The minimum absolute atomic E-state index is 0.0452. The number of carbonyl (C=O) groups is 3. The van der Waals surface area contributed by atoms with E-state index in [2.05, 4.69) is 29.0 Å². The first-order valence-corrected chi connectivity index (χ1v) is 12.0. The Balaban J connectivity index is 0.000000913. The van der Waals surface area contributed by atoms with Crippen LogP contribution in [0.25, 0.3) is 0 Å². The normalized spacial score (nSPS) is 26.7. The minimum Gasteiger partial charge on any atom is -0.483 e. The van der Waals surface area contributed by atoms with Crippen molar-refractivity contribution < 1.29 is 19.5 Å². The highest BCUT2D eigenvalue weighted by atomic mass is 16.3. The SMILES string of the molecule is CC(C)CC[C@]1(C(=O)NC2CCCC2)C[C@H]2CC[C@@H]1N2C(=O)Cc1ccccn1.O=CO. The first kappa shape index (κ1) is 24.2. The predicted molar refractivity (Wildman–Crippen MR) is 122 cm³/mol. The van der Waals surface area contributed by atoms with Gasteiger partial charge in [-0.25, -0.2) is 0 Å². The molecule has 0 aromatic carbocycles. The molecule has 2 bridgehead atoms. The Morgan fingerprint density at radius 1 is 1.25 bits per heavy atom. The summed E-state index contributed by atoms with van der Waals surface area (Å²) in [4.78, 5) is 41.6. The summed E-state index contributed by atoms with van der Waals surface area (Å²) in [5, 5.41) is 10.3. The molecule has 3 atom stereocenters. The van der Waals surface area contributed by atoms with E-state index in [1.807, 2.05) is 18.2 Å². The smallest absolute Gasteiger partial charge is 0.290 e. The summed E-state index contributed by atoms with van der Waals surface area (Å²) in [7, 11) is 0. The summed E-state index contributed by atoms with van der Waals surface area (Å²) < 4.78 is 0. The van der Waals surface area contributed by atoms with E-state index in [-0.39, 0.29) is 30.4 Å². The fourth-order valence-electron chi connectivity index (χ4n) is 5.88. The largest absolute Gasteiger partial charge is 0.483 e. The molecule has 7 heteroatoms. The molecule has 3 heterocycles. The number of carboxylic acid groups (broad SMARTS) is 1. The van der Waals surface area contributed by atoms with Gasteiger partial charge in [-0.05, 0) is 63.0 Å². The van der Waals surface area contributed by atoms with Gasteiger partial charge in [-0.15, -0.1) is 0 Å². The van der Waals surface area contributed by atoms with Crippen LogP contribution < -0.4 is 5.32 Å². The summed E-state index contributed by atoms with van der Waals surface area (Å²) in [6.45, 7) is 4.19. The summed E-state index contributed by atoms with van der Waals surface area (Å²) >= 11 is 0. The van der Waals surface area contributed by atoms with Crippen LogP contribution in [0.2, 0.25) is 0 Å². The van der Waals surface area contributed by atoms with Crippen LogP contribution in [-0.4, -0.2) is 51.4 Å². The number of hydrogen-bond donors (Lipinski definition) is 2. The van der Waals surface area contributed by atoms with E-state index in [0.29, 0.717) is 18.4 Å². The van der Waals surface area contributed by atoms with Crippen LogP contribution in [0.15, 0.2) is 24.4 Å². The van der Waals surface area contributed by atoms with E-state index in [0.717, 1.165) is 50.6 Å². The molecule has 1 aromatic rings. The maximum absolute atomic E-state index is 13.6. The number of amides is 2. The molecule has 32 heavy (non-hydrogen) atoms. The standard InChI is InChI=1S/C24H35N3O2.CH2O2/c1-17(2)12-13-24(23(29)26-18-7-3-4-8-18)16-20-10-11-21(24)27(20)22(28)15-19-9-5-6-14-25-19;2-1-3/h5-6,9,14,17-18,20-21H,3-4,7-8,10-13,15-16H2,1-2H3,(H,26,29);1H,(H,2,3)/t20-,21+,24+;/m1./s1. The third kappa shape index (κ3) is 5.30. The van der Waals surface area contributed by atoms with Crippen molar-refractivity contribution in [1.29, 1.82) is 0 Å². The zero-order valence-electron chi connectivity index (χ0n) is 19.3. The lowest BCUT2D eigenvalue weighted by Gasteiger charge is -2.37. The first-order chi connectivity index (χ1) is 15.4. The molecule has 2 N–H and O–H groups in total. The Morgan fingerprint density at radius 2 is 1.97 bits per heavy atom. The lowest BCUT2D eigenvalue weighted by Crippen LogP contribution is -2.52. The van der Waals surface area contributed by atoms with Gasteiger partial charge in [0.25, 0.3) is 6.47 Å². The molecule has 1 aliphatic carbocycles. The molecule has 1 saturated carbocycles. The number of rotatable bonds is 7. The van der Waals surface area contributed by atoms with Crippen molar-refractivity contribution in [3.63, 3.8) is 0 Å². The molecule has 3 aliphatic rings. The second-order valence-corrected chi connectivity index (χ2v) is 9.90. The van der Waals surface area contributed by atoms with Crippen molar-refractivity contribution >= 4 is 18.3 Å². The maximum Gasteiger partial charge on any atom is 0.290 e. The molecule has 2 saturated heterocycles. The molecule has 2 aliphatic heterocycles. The van der Waals surface area contributed by atoms with Gasteiger partial charge in [0.1, 0.15) is 0 Å². The second kappa shape index (κ2) is 10.9. The molecule has 0 radical (unpaired) electrons. The van der Waals surface area contributed by atoms with Crippen molar-refractivity contribution in [3.05, 3.63) is 30.1 Å². The number of nitrogens with zero attached hydrogens (tertiary/aromatic N) is 2. The van der Waals surface area contributed by atoms with Crippen molar-refractivity contribution in [2.24, 2.45) is 11.3 Å². The summed E-state index contributed by atoms with van der Waals surface area (Å²) in [5.41, 5.74) is 0.405. The van der Waals surface area contributed by atoms with Crippen LogP contribution >= 0.6 is 0 Å². The van der Waals surface area contributed by atoms with Gasteiger partial charge in [0.2, 0.25) is 11.8 Å². The van der Waals surface area contributed by atoms with Gasteiger partial charge in [-0.2, -0.15) is 0 Å². The van der Waals surface area contributed by atoms with Crippen LogP contribution in [0.5, 0.6) is 0 Å². The average molecular weight is 444 g/mol. The van der Waals surface area contributed by atoms with Crippen molar-refractivity contribution in [1.82, 2.24) is 15.2 Å². The number of nitrogens with one attached hydrogen (secondary N) is 1. The quantitative estimate of drug-likeness (QED) is 0.628. The monoisotopic (exact) mass is 443 g/mol. The number of aromatic nitrogens is 1. The Morgan fingerprint density at radius 3 is 2.59 bits per heavy atom. The summed E-state index contributed by atoms with van der Waals surface area (Å²) in [5.74, 6) is 0.909. The maximum atomic E-state index is 13.6. The van der Waals surface area contributed by atoms with Crippen LogP contribution in [0.3, 0.4) is 0 Å². The molecule has 7 nitrogen and oxygen atoms in total. The van der Waals surface area contributed by atoms with Gasteiger partial charge in [0.05, 0.1) is 11.8 Å². The Labute approximate surface area is 191 Å². The average Bonchev–Trinajstić information content (AvgIpc) is 3.49. The van der Waals surface area contributed by atoms with Gasteiger partial charge in [0, 0.05) is 30.0 Å². The van der Waals surface area contributed by atoms with Crippen LogP contribution in [0, 0.1) is 11.3 Å². The van der Waals surface area contributed by atoms with E-state index in [1.54, 1.807) is 6.20 Å². The van der Waals surface area contributed by atoms with E-state index in [4.69, 9.17) is 9.90 Å². The van der Waals surface area contributed by atoms with Crippen LogP contribution in [0.4, 0.5) is 0 Å². The van der Waals surface area contributed by atoms with Gasteiger partial charge < -0.3 is 15.3 Å². The zero-order chi connectivity index (χ0) is 23.1. The second-order valence-electron chi connectivity index (χ2n) is 9.90. The van der Waals surface area contributed by atoms with Gasteiger partial charge in [-0.3, -0.25) is 19.4 Å². The van der Waals surface area contributed by atoms with E-state index < -0.39 is 5.41 Å². The Bertz CT molecular complexity index is 779. The zero-order valence-corrected chi connectivity index (χ0v) is 19.3. The Kier molecular flexibility index (Phi) is 8.26. The third-order valence-corrected chi connectivity index (χ3v) is 7.40. The first-order valence-electron chi connectivity index (χ1n) is 12.0. The topological polar surface area (TPSA) is 99.6 Å². The van der Waals surface area contributed by atoms with Crippen LogP contribution in [0.1, 0.15) is 77.3 Å². The fourth-order valence-corrected chi connectivity index (χ4v) is 5.88. The van der Waals surface area contributed by atoms with Crippen molar-refractivity contribution in [3.8, 4) is 0 Å². The predicted octanol–water partition coefficient (Wildman–Crippen LogP) is 3.57. The lowest BCUT2D eigenvalue weighted by molar-refractivity contribution is -0.137. The molecule has 0 spiro atoms. The highest BCUT2D eigenvalue weighted by Gasteiger charge is 2.60. The lowest BCUT2D eigenvalue weighted by atomic mass is 9.69. The molecular formula is C25H37N3O4. The van der Waals surface area contributed by atoms with Crippen molar-refractivity contribution in [2.75, 3.05) is 0 Å². The minimum atomic E-state index is -0.407. The number of carbonyl (C=O) groups excluding carboxylic acids is 2. The number of fused-ring (bicyclic) bond motifs is 2. The van der Waals surface area contributed by atoms with Gasteiger partial charge >= 0.3 is 0 Å². The molecule has 1 aromatic heterocycles. The molecular weight excluding hydrogens is 406 g/mol. The van der Waals surface area contributed by atoms with E-state index in [9.17, 15) is 9.59 Å². The Hall–Kier alpha value is -2.44. The molecule has 4 rings (SSSR count). The fraction of sp³-hybridized carbons (Fsp3) is 0.680. The van der Waals surface area contributed by atoms with Crippen molar-refractivity contribution in [2.45, 2.75) is 96.2 Å². The van der Waals surface area contributed by atoms with E-state index in [1.165, 1.54) is 12.8 Å². The summed E-state index contributed by atoms with van der Waals surface area (Å²) in [6.07, 6.45) is 11.4. The molecule has 3 fully saturated rings. The van der Waals surface area contributed by atoms with Gasteiger partial charge in [-0.1, -0.05) is 32.8 Å². The number of hydrogen-bond acceptors (Lipinski definition) is 4. The summed E-state index contributed by atoms with van der Waals surface area (Å²) in [6, 6.07) is 6.29. The number of pyridine rings is 1. The molecule has 176 valence electrons. The molecule has 2 amide bonds.